The van der Waals surface area contributed by atoms with Crippen LogP contribution in [0.2, 0.25) is 0 Å². The molecule has 1 aromatic heterocycles. The number of anilines is 1. The Morgan fingerprint density at radius 1 is 1.50 bits per heavy atom. The van der Waals surface area contributed by atoms with Gasteiger partial charge in [-0.3, -0.25) is 4.79 Å². The van der Waals surface area contributed by atoms with E-state index in [-0.39, 0.29) is 28.3 Å². The lowest BCUT2D eigenvalue weighted by Crippen LogP contribution is -2.29. The average Bonchev–Trinajstić information content (AvgIpc) is 2.92. The van der Waals surface area contributed by atoms with Crippen LogP contribution in [0.3, 0.4) is 0 Å². The van der Waals surface area contributed by atoms with Crippen LogP contribution in [0, 0.1) is 5.92 Å². The average molecular weight is 290 g/mol. The Bertz CT molecular complexity index is 540. The molecule has 1 unspecified atom stereocenters. The van der Waals surface area contributed by atoms with Crippen LogP contribution in [0.4, 0.5) is 5.13 Å². The van der Waals surface area contributed by atoms with Gasteiger partial charge in [-0.15, -0.1) is 10.2 Å². The van der Waals surface area contributed by atoms with Crippen LogP contribution in [0.1, 0.15) is 16.2 Å². The van der Waals surface area contributed by atoms with Gasteiger partial charge in [-0.2, -0.15) is 0 Å². The molecule has 0 aromatic carbocycles. The summed E-state index contributed by atoms with van der Waals surface area (Å²) >= 11 is 1.16. The summed E-state index contributed by atoms with van der Waals surface area (Å²) in [6.07, 6.45) is 0.612. The van der Waals surface area contributed by atoms with Crippen molar-refractivity contribution in [1.29, 1.82) is 0 Å². The maximum atomic E-state index is 11.7. The van der Waals surface area contributed by atoms with Gasteiger partial charge in [-0.25, -0.2) is 8.42 Å². The van der Waals surface area contributed by atoms with Crippen LogP contribution in [0.5, 0.6) is 0 Å². The molecule has 1 aliphatic heterocycles. The number of sulfone groups is 1. The molecule has 1 amide bonds. The molecule has 0 saturated carbocycles. The first-order valence-corrected chi connectivity index (χ1v) is 8.14. The first-order valence-electron chi connectivity index (χ1n) is 5.50. The third-order valence-corrected chi connectivity index (χ3v) is 5.49. The lowest BCUT2D eigenvalue weighted by atomic mass is 10.1. The lowest BCUT2D eigenvalue weighted by molar-refractivity contribution is 0.0947. The van der Waals surface area contributed by atoms with Crippen molar-refractivity contribution in [2.24, 2.45) is 5.92 Å². The summed E-state index contributed by atoms with van der Waals surface area (Å²) in [7, 11) is -1.19. The van der Waals surface area contributed by atoms with Gasteiger partial charge < -0.3 is 10.6 Å². The number of hydrogen-bond donors (Lipinski definition) is 2. The third kappa shape index (κ3) is 3.16. The van der Waals surface area contributed by atoms with Gasteiger partial charge in [0.1, 0.15) is 0 Å². The van der Waals surface area contributed by atoms with E-state index in [0.29, 0.717) is 18.1 Å². The molecule has 7 nitrogen and oxygen atoms in total. The van der Waals surface area contributed by atoms with Crippen molar-refractivity contribution >= 4 is 32.2 Å². The fourth-order valence-electron chi connectivity index (χ4n) is 1.76. The molecule has 1 aromatic rings. The number of nitrogens with zero attached hydrogens (tertiary/aromatic N) is 2. The van der Waals surface area contributed by atoms with E-state index in [1.165, 1.54) is 0 Å². The SMILES string of the molecule is CNc1nnc(C(=O)NCC2CCS(=O)(=O)C2)s1. The molecule has 18 heavy (non-hydrogen) atoms. The quantitative estimate of drug-likeness (QED) is 0.792. The standard InChI is InChI=1S/C9H14N4O3S2/c1-10-9-13-12-8(17-9)7(14)11-4-6-2-3-18(15,16)5-6/h6H,2-5H2,1H3,(H,10,13)(H,11,14). The van der Waals surface area contributed by atoms with Crippen molar-refractivity contribution in [3.05, 3.63) is 5.01 Å². The highest BCUT2D eigenvalue weighted by molar-refractivity contribution is 7.91. The van der Waals surface area contributed by atoms with Crippen LogP contribution < -0.4 is 10.6 Å². The van der Waals surface area contributed by atoms with Crippen molar-refractivity contribution in [1.82, 2.24) is 15.5 Å². The van der Waals surface area contributed by atoms with Gasteiger partial charge in [0.05, 0.1) is 11.5 Å². The van der Waals surface area contributed by atoms with E-state index in [4.69, 9.17) is 0 Å². The highest BCUT2D eigenvalue weighted by Crippen LogP contribution is 2.18. The molecule has 0 bridgehead atoms. The molecule has 2 rings (SSSR count). The number of carbonyl (C=O) groups excluding carboxylic acids is 1. The Hall–Kier alpha value is -1.22. The highest BCUT2D eigenvalue weighted by atomic mass is 32.2. The molecule has 2 heterocycles. The second kappa shape index (κ2) is 5.19. The van der Waals surface area contributed by atoms with Crippen molar-refractivity contribution in [3.63, 3.8) is 0 Å². The Morgan fingerprint density at radius 2 is 2.28 bits per heavy atom. The molecule has 1 fully saturated rings. The Morgan fingerprint density at radius 3 is 2.83 bits per heavy atom. The zero-order valence-electron chi connectivity index (χ0n) is 9.84. The maximum Gasteiger partial charge on any atom is 0.282 e. The van der Waals surface area contributed by atoms with Crippen LogP contribution >= 0.6 is 11.3 Å². The monoisotopic (exact) mass is 290 g/mol. The zero-order chi connectivity index (χ0) is 13.2. The molecule has 0 radical (unpaired) electrons. The molecular formula is C9H14N4O3S2. The van der Waals surface area contributed by atoms with Crippen molar-refractivity contribution in [3.8, 4) is 0 Å². The molecule has 2 N–H and O–H groups in total. The number of rotatable bonds is 4. The largest absolute Gasteiger partial charge is 0.363 e. The van der Waals surface area contributed by atoms with Gasteiger partial charge in [0.15, 0.2) is 9.84 Å². The van der Waals surface area contributed by atoms with E-state index in [2.05, 4.69) is 20.8 Å². The van der Waals surface area contributed by atoms with E-state index in [1.807, 2.05) is 0 Å². The van der Waals surface area contributed by atoms with Crippen molar-refractivity contribution in [2.75, 3.05) is 30.4 Å². The molecule has 100 valence electrons. The predicted molar refractivity (Wildman–Crippen MR) is 68.5 cm³/mol. The second-order valence-corrected chi connectivity index (χ2v) is 7.35. The minimum atomic E-state index is -2.89. The summed E-state index contributed by atoms with van der Waals surface area (Å²) in [5, 5.41) is 13.8. The Balaban J connectivity index is 1.85. The van der Waals surface area contributed by atoms with Gasteiger partial charge in [-0.05, 0) is 12.3 Å². The second-order valence-electron chi connectivity index (χ2n) is 4.14. The third-order valence-electron chi connectivity index (χ3n) is 2.71. The molecule has 1 atom stereocenters. The lowest BCUT2D eigenvalue weighted by Gasteiger charge is -2.07. The van der Waals surface area contributed by atoms with E-state index in [0.717, 1.165) is 11.3 Å². The smallest absolute Gasteiger partial charge is 0.282 e. The van der Waals surface area contributed by atoms with Gasteiger partial charge in [0.2, 0.25) is 10.1 Å². The number of amides is 1. The van der Waals surface area contributed by atoms with Gasteiger partial charge in [0.25, 0.3) is 5.91 Å². The summed E-state index contributed by atoms with van der Waals surface area (Å²) < 4.78 is 22.5. The van der Waals surface area contributed by atoms with E-state index < -0.39 is 9.84 Å². The number of carbonyl (C=O) groups is 1. The molecule has 0 spiro atoms. The van der Waals surface area contributed by atoms with E-state index in [1.54, 1.807) is 7.05 Å². The summed E-state index contributed by atoms with van der Waals surface area (Å²) in [4.78, 5) is 11.7. The summed E-state index contributed by atoms with van der Waals surface area (Å²) in [5.74, 6) is 0.0791. The van der Waals surface area contributed by atoms with Gasteiger partial charge >= 0.3 is 0 Å². The summed E-state index contributed by atoms with van der Waals surface area (Å²) in [6, 6.07) is 0. The molecular weight excluding hydrogens is 276 g/mol. The molecule has 0 aliphatic carbocycles. The van der Waals surface area contributed by atoms with Crippen molar-refractivity contribution in [2.45, 2.75) is 6.42 Å². The van der Waals surface area contributed by atoms with Crippen LogP contribution in [-0.2, 0) is 9.84 Å². The minimum Gasteiger partial charge on any atom is -0.363 e. The maximum absolute atomic E-state index is 11.7. The fourth-order valence-corrected chi connectivity index (χ4v) is 4.24. The normalized spacial score (nSPS) is 21.7. The number of hydrogen-bond acceptors (Lipinski definition) is 7. The predicted octanol–water partition coefficient (Wildman–Crippen LogP) is -0.256. The highest BCUT2D eigenvalue weighted by Gasteiger charge is 2.28. The zero-order valence-corrected chi connectivity index (χ0v) is 11.5. The molecule has 9 heteroatoms. The number of aromatic nitrogens is 2. The molecule has 1 aliphatic rings. The Kier molecular flexibility index (Phi) is 3.81. The fraction of sp³-hybridized carbons (Fsp3) is 0.667. The topological polar surface area (TPSA) is 101 Å². The number of nitrogens with one attached hydrogen (secondary N) is 2. The van der Waals surface area contributed by atoms with E-state index in [9.17, 15) is 13.2 Å². The summed E-state index contributed by atoms with van der Waals surface area (Å²) in [6.45, 7) is 0.368. The van der Waals surface area contributed by atoms with Gasteiger partial charge in [0, 0.05) is 13.6 Å². The first kappa shape index (κ1) is 13.2. The minimum absolute atomic E-state index is 0.00985. The van der Waals surface area contributed by atoms with Crippen LogP contribution in [-0.4, -0.2) is 49.6 Å². The van der Waals surface area contributed by atoms with Gasteiger partial charge in [-0.1, -0.05) is 11.3 Å². The van der Waals surface area contributed by atoms with E-state index >= 15 is 0 Å². The van der Waals surface area contributed by atoms with Crippen molar-refractivity contribution < 1.29 is 13.2 Å². The van der Waals surface area contributed by atoms with Crippen LogP contribution in [0.15, 0.2) is 0 Å². The summed E-state index contributed by atoms with van der Waals surface area (Å²) in [5.41, 5.74) is 0. The van der Waals surface area contributed by atoms with Crippen LogP contribution in [0.25, 0.3) is 0 Å². The first-order chi connectivity index (χ1) is 8.50. The molecule has 1 saturated heterocycles. The Labute approximate surface area is 109 Å².